The maximum Gasteiger partial charge on any atom is 0.244 e. The van der Waals surface area contributed by atoms with E-state index in [1.54, 1.807) is 12.1 Å². The first kappa shape index (κ1) is 22.4. The molecule has 1 atom stereocenters. The van der Waals surface area contributed by atoms with Crippen molar-refractivity contribution in [3.8, 4) is 0 Å². The zero-order valence-electron chi connectivity index (χ0n) is 17.0. The number of rotatable bonds is 9. The second kappa shape index (κ2) is 10.6. The number of anilines is 1. The van der Waals surface area contributed by atoms with Gasteiger partial charge >= 0.3 is 0 Å². The first-order valence-corrected chi connectivity index (χ1v) is 9.70. The molecule has 2 aromatic carbocycles. The summed E-state index contributed by atoms with van der Waals surface area (Å²) in [5.41, 5.74) is 1.70. The monoisotopic (exact) mass is 400 g/mol. The van der Waals surface area contributed by atoms with Crippen LogP contribution in [0.25, 0.3) is 0 Å². The van der Waals surface area contributed by atoms with Crippen LogP contribution in [-0.2, 0) is 9.59 Å². The van der Waals surface area contributed by atoms with Crippen LogP contribution in [0.1, 0.15) is 50.7 Å². The number of aldehydes is 1. The fourth-order valence-electron chi connectivity index (χ4n) is 3.14. The summed E-state index contributed by atoms with van der Waals surface area (Å²) in [5.74, 6) is -1.42. The van der Waals surface area contributed by atoms with Gasteiger partial charge in [-0.3, -0.25) is 4.79 Å². The summed E-state index contributed by atoms with van der Waals surface area (Å²) in [4.78, 5) is 23.2. The van der Waals surface area contributed by atoms with Gasteiger partial charge in [0.05, 0.1) is 11.4 Å². The fraction of sp³-hybridized carbons (Fsp3) is 0.348. The highest BCUT2D eigenvalue weighted by Gasteiger charge is 2.19. The van der Waals surface area contributed by atoms with Gasteiger partial charge in [-0.25, -0.2) is 13.8 Å². The molecule has 0 aliphatic heterocycles. The molecule has 0 saturated heterocycles. The van der Waals surface area contributed by atoms with E-state index >= 15 is 0 Å². The molecule has 0 N–H and O–H groups in total. The molecule has 0 saturated carbocycles. The van der Waals surface area contributed by atoms with Gasteiger partial charge < -0.3 is 4.79 Å². The summed E-state index contributed by atoms with van der Waals surface area (Å²) >= 11 is 0. The number of para-hydroxylation sites is 1. The van der Waals surface area contributed by atoms with E-state index < -0.39 is 11.6 Å². The first-order chi connectivity index (χ1) is 13.9. The van der Waals surface area contributed by atoms with Crippen LogP contribution in [0.15, 0.2) is 47.6 Å². The van der Waals surface area contributed by atoms with Crippen LogP contribution in [-0.4, -0.2) is 17.9 Å². The lowest BCUT2D eigenvalue weighted by Crippen LogP contribution is -2.26. The standard InChI is InChI=1S/C23H26F2N2O2/c1-4-18(13-14-28)9-12-22(20-15-19(24)10-11-21(20)25)26-27(17(3)29)23-8-6-5-7-16(23)2/h5-8,10-11,14-15,18H,4,9,12-13H2,1-3H3/b26-22+. The summed E-state index contributed by atoms with van der Waals surface area (Å²) in [6.45, 7) is 5.19. The molecule has 0 bridgehead atoms. The molecule has 2 rings (SSSR count). The Kier molecular flexibility index (Phi) is 8.19. The normalized spacial score (nSPS) is 12.5. The Labute approximate surface area is 170 Å². The number of benzene rings is 2. The number of amides is 1. The second-order valence-electron chi connectivity index (χ2n) is 7.00. The molecule has 2 aromatic rings. The number of aryl methyl sites for hydroxylation is 1. The van der Waals surface area contributed by atoms with Crippen molar-refractivity contribution >= 4 is 23.6 Å². The number of hydrogen-bond acceptors (Lipinski definition) is 3. The summed E-state index contributed by atoms with van der Waals surface area (Å²) in [7, 11) is 0. The Morgan fingerprint density at radius 1 is 1.21 bits per heavy atom. The van der Waals surface area contributed by atoms with Gasteiger partial charge in [0.2, 0.25) is 5.91 Å². The number of hydrazone groups is 1. The van der Waals surface area contributed by atoms with Crippen molar-refractivity contribution in [3.63, 3.8) is 0 Å². The SMILES string of the molecule is CCC(CC=O)CC/C(=N\N(C(C)=O)c1ccccc1C)c1cc(F)ccc1F. The molecule has 4 nitrogen and oxygen atoms in total. The molecule has 154 valence electrons. The second-order valence-corrected chi connectivity index (χ2v) is 7.00. The molecule has 0 fully saturated rings. The van der Waals surface area contributed by atoms with Crippen LogP contribution in [0.5, 0.6) is 0 Å². The summed E-state index contributed by atoms with van der Waals surface area (Å²) < 4.78 is 28.3. The lowest BCUT2D eigenvalue weighted by Gasteiger charge is -2.21. The molecule has 0 aliphatic rings. The minimum absolute atomic E-state index is 0.0193. The minimum atomic E-state index is -0.609. The van der Waals surface area contributed by atoms with Gasteiger partial charge in [0.25, 0.3) is 0 Å². The predicted octanol–water partition coefficient (Wildman–Crippen LogP) is 5.43. The molecule has 1 unspecified atom stereocenters. The number of hydrogen-bond donors (Lipinski definition) is 0. The minimum Gasteiger partial charge on any atom is -0.303 e. The molecule has 0 aromatic heterocycles. The summed E-state index contributed by atoms with van der Waals surface area (Å²) in [6.07, 6.45) is 2.92. The lowest BCUT2D eigenvalue weighted by molar-refractivity contribution is -0.116. The van der Waals surface area contributed by atoms with E-state index in [0.717, 1.165) is 36.5 Å². The van der Waals surface area contributed by atoms with Crippen molar-refractivity contribution in [1.82, 2.24) is 0 Å². The van der Waals surface area contributed by atoms with Crippen LogP contribution >= 0.6 is 0 Å². The van der Waals surface area contributed by atoms with Gasteiger partial charge in [0.15, 0.2) is 0 Å². The topological polar surface area (TPSA) is 49.7 Å². The third kappa shape index (κ3) is 6.04. The van der Waals surface area contributed by atoms with Gasteiger partial charge in [0.1, 0.15) is 17.9 Å². The molecule has 0 spiro atoms. The van der Waals surface area contributed by atoms with Gasteiger partial charge in [-0.1, -0.05) is 31.5 Å². The van der Waals surface area contributed by atoms with Crippen LogP contribution in [0.4, 0.5) is 14.5 Å². The van der Waals surface area contributed by atoms with Crippen LogP contribution in [0.3, 0.4) is 0 Å². The Bertz CT molecular complexity index is 896. The molecule has 0 aliphatic carbocycles. The van der Waals surface area contributed by atoms with Crippen LogP contribution in [0, 0.1) is 24.5 Å². The van der Waals surface area contributed by atoms with Crippen molar-refractivity contribution in [1.29, 1.82) is 0 Å². The number of carbonyl (C=O) groups excluding carboxylic acids is 2. The number of halogens is 2. The van der Waals surface area contributed by atoms with Gasteiger partial charge in [-0.15, -0.1) is 0 Å². The Balaban J connectivity index is 2.51. The van der Waals surface area contributed by atoms with Gasteiger partial charge in [-0.2, -0.15) is 5.10 Å². The van der Waals surface area contributed by atoms with E-state index in [1.165, 1.54) is 11.9 Å². The smallest absolute Gasteiger partial charge is 0.244 e. The van der Waals surface area contributed by atoms with Crippen LogP contribution < -0.4 is 5.01 Å². The highest BCUT2D eigenvalue weighted by molar-refractivity contribution is 6.04. The zero-order valence-corrected chi connectivity index (χ0v) is 17.0. The fourth-order valence-corrected chi connectivity index (χ4v) is 3.14. The van der Waals surface area contributed by atoms with Crippen molar-refractivity contribution in [2.75, 3.05) is 5.01 Å². The average molecular weight is 400 g/mol. The van der Waals surface area contributed by atoms with Crippen LogP contribution in [0.2, 0.25) is 0 Å². The van der Waals surface area contributed by atoms with Gasteiger partial charge in [0, 0.05) is 18.9 Å². The van der Waals surface area contributed by atoms with E-state index in [-0.39, 0.29) is 23.1 Å². The molecule has 1 amide bonds. The molecular weight excluding hydrogens is 374 g/mol. The van der Waals surface area contributed by atoms with E-state index in [9.17, 15) is 18.4 Å². The summed E-state index contributed by atoms with van der Waals surface area (Å²) in [5, 5.41) is 5.67. The molecule has 29 heavy (non-hydrogen) atoms. The van der Waals surface area contributed by atoms with E-state index in [2.05, 4.69) is 5.10 Å². The highest BCUT2D eigenvalue weighted by Crippen LogP contribution is 2.24. The zero-order chi connectivity index (χ0) is 21.4. The molecule has 6 heteroatoms. The first-order valence-electron chi connectivity index (χ1n) is 9.70. The molecule has 0 radical (unpaired) electrons. The number of nitrogens with zero attached hydrogens (tertiary/aromatic N) is 2. The maximum atomic E-state index is 14.5. The predicted molar refractivity (Wildman–Crippen MR) is 111 cm³/mol. The molecular formula is C23H26F2N2O2. The summed E-state index contributed by atoms with van der Waals surface area (Å²) in [6, 6.07) is 10.4. The quantitative estimate of drug-likeness (QED) is 0.320. The van der Waals surface area contributed by atoms with E-state index in [4.69, 9.17) is 0 Å². The van der Waals surface area contributed by atoms with Crippen molar-refractivity contribution in [2.45, 2.75) is 46.5 Å². The van der Waals surface area contributed by atoms with E-state index in [0.29, 0.717) is 24.9 Å². The highest BCUT2D eigenvalue weighted by atomic mass is 19.1. The average Bonchev–Trinajstić information content (AvgIpc) is 2.69. The molecule has 0 heterocycles. The third-order valence-corrected chi connectivity index (χ3v) is 4.90. The third-order valence-electron chi connectivity index (χ3n) is 4.90. The number of carbonyl (C=O) groups is 2. The van der Waals surface area contributed by atoms with E-state index in [1.807, 2.05) is 26.0 Å². The Morgan fingerprint density at radius 3 is 2.55 bits per heavy atom. The van der Waals surface area contributed by atoms with Crippen molar-refractivity contribution in [2.24, 2.45) is 11.0 Å². The Morgan fingerprint density at radius 2 is 1.93 bits per heavy atom. The maximum absolute atomic E-state index is 14.5. The van der Waals surface area contributed by atoms with Crippen molar-refractivity contribution < 1.29 is 18.4 Å². The largest absolute Gasteiger partial charge is 0.303 e. The van der Waals surface area contributed by atoms with Gasteiger partial charge in [-0.05, 0) is 55.5 Å². The lowest BCUT2D eigenvalue weighted by atomic mass is 9.94. The van der Waals surface area contributed by atoms with Crippen molar-refractivity contribution in [3.05, 3.63) is 65.2 Å². The Hall–Kier alpha value is -2.89.